The topological polar surface area (TPSA) is 76.8 Å². The van der Waals surface area contributed by atoms with Gasteiger partial charge in [0.2, 0.25) is 5.91 Å². The zero-order valence-electron chi connectivity index (χ0n) is 16.7. The third kappa shape index (κ3) is 4.38. The standard InChI is InChI=1S/C22H20N6OS2/c29-20-10-6-12-27(20)13-19-25-26-22(28(19)18-9-4-5-11-23-18)31-15-17-14-30-21(24-17)16-7-2-1-3-8-16/h1-5,7-9,11,14H,6,10,12-13,15H2. The van der Waals surface area contributed by atoms with Gasteiger partial charge < -0.3 is 4.90 Å². The Morgan fingerprint density at radius 3 is 2.71 bits per heavy atom. The molecule has 5 rings (SSSR count). The van der Waals surface area contributed by atoms with Crippen molar-refractivity contribution in [3.05, 3.63) is 71.6 Å². The third-order valence-corrected chi connectivity index (χ3v) is 6.91. The van der Waals surface area contributed by atoms with Crippen molar-refractivity contribution < 1.29 is 4.79 Å². The van der Waals surface area contributed by atoms with Gasteiger partial charge in [0.05, 0.1) is 12.2 Å². The van der Waals surface area contributed by atoms with Crippen LogP contribution in [0, 0.1) is 0 Å². The highest BCUT2D eigenvalue weighted by atomic mass is 32.2. The van der Waals surface area contributed by atoms with Crippen LogP contribution in [0.15, 0.2) is 65.3 Å². The molecule has 1 aliphatic rings. The molecule has 4 heterocycles. The number of thiazole rings is 1. The normalized spacial score (nSPS) is 13.8. The lowest BCUT2D eigenvalue weighted by Gasteiger charge is -2.16. The Bertz CT molecular complexity index is 1180. The first kappa shape index (κ1) is 19.9. The van der Waals surface area contributed by atoms with Crippen molar-refractivity contribution in [3.63, 3.8) is 0 Å². The molecule has 0 atom stereocenters. The van der Waals surface area contributed by atoms with E-state index in [-0.39, 0.29) is 5.91 Å². The van der Waals surface area contributed by atoms with Gasteiger partial charge in [-0.25, -0.2) is 9.97 Å². The fourth-order valence-corrected chi connectivity index (χ4v) is 5.26. The van der Waals surface area contributed by atoms with Gasteiger partial charge in [0.25, 0.3) is 0 Å². The van der Waals surface area contributed by atoms with Crippen molar-refractivity contribution in [1.29, 1.82) is 0 Å². The Morgan fingerprint density at radius 2 is 1.94 bits per heavy atom. The van der Waals surface area contributed by atoms with E-state index in [4.69, 9.17) is 4.98 Å². The van der Waals surface area contributed by atoms with E-state index < -0.39 is 0 Å². The van der Waals surface area contributed by atoms with Crippen molar-refractivity contribution in [2.75, 3.05) is 6.54 Å². The number of aromatic nitrogens is 5. The van der Waals surface area contributed by atoms with Crippen LogP contribution < -0.4 is 0 Å². The summed E-state index contributed by atoms with van der Waals surface area (Å²) in [7, 11) is 0. The second kappa shape index (κ2) is 8.99. The smallest absolute Gasteiger partial charge is 0.223 e. The summed E-state index contributed by atoms with van der Waals surface area (Å²) in [5.74, 6) is 2.32. The molecule has 31 heavy (non-hydrogen) atoms. The maximum absolute atomic E-state index is 12.1. The van der Waals surface area contributed by atoms with E-state index in [1.54, 1.807) is 29.3 Å². The second-order valence-electron chi connectivity index (χ2n) is 7.14. The molecule has 0 bridgehead atoms. The van der Waals surface area contributed by atoms with Gasteiger partial charge in [-0.05, 0) is 18.6 Å². The molecule has 156 valence electrons. The second-order valence-corrected chi connectivity index (χ2v) is 8.94. The lowest BCUT2D eigenvalue weighted by atomic mass is 10.2. The molecular formula is C22H20N6OS2. The number of rotatable bonds is 7. The van der Waals surface area contributed by atoms with Crippen LogP contribution in [0.2, 0.25) is 0 Å². The molecular weight excluding hydrogens is 428 g/mol. The van der Waals surface area contributed by atoms with Gasteiger partial charge in [0.1, 0.15) is 10.8 Å². The summed E-state index contributed by atoms with van der Waals surface area (Å²) < 4.78 is 1.95. The molecule has 1 amide bonds. The Kier molecular flexibility index (Phi) is 5.77. The summed E-state index contributed by atoms with van der Waals surface area (Å²) in [4.78, 5) is 23.2. The van der Waals surface area contributed by atoms with Crippen molar-refractivity contribution in [2.45, 2.75) is 30.3 Å². The van der Waals surface area contributed by atoms with Gasteiger partial charge in [-0.3, -0.25) is 9.36 Å². The predicted molar refractivity (Wildman–Crippen MR) is 121 cm³/mol. The Morgan fingerprint density at radius 1 is 1.06 bits per heavy atom. The fraction of sp³-hybridized carbons (Fsp3) is 0.227. The fourth-order valence-electron chi connectivity index (χ4n) is 3.48. The lowest BCUT2D eigenvalue weighted by Crippen LogP contribution is -2.25. The number of carbonyl (C=O) groups is 1. The molecule has 0 aliphatic carbocycles. The molecule has 9 heteroatoms. The minimum absolute atomic E-state index is 0.167. The summed E-state index contributed by atoms with van der Waals surface area (Å²) >= 11 is 3.21. The van der Waals surface area contributed by atoms with Gasteiger partial charge in [-0.2, -0.15) is 0 Å². The molecule has 0 spiro atoms. The molecule has 1 aromatic carbocycles. The van der Waals surface area contributed by atoms with Crippen LogP contribution in [0.25, 0.3) is 16.4 Å². The Hall–Kier alpha value is -3.04. The van der Waals surface area contributed by atoms with Gasteiger partial charge in [-0.15, -0.1) is 21.5 Å². The van der Waals surface area contributed by atoms with E-state index >= 15 is 0 Å². The molecule has 1 fully saturated rings. The lowest BCUT2D eigenvalue weighted by molar-refractivity contribution is -0.128. The quantitative estimate of drug-likeness (QED) is 0.394. The number of pyridine rings is 1. The summed E-state index contributed by atoms with van der Waals surface area (Å²) in [6, 6.07) is 15.9. The summed E-state index contributed by atoms with van der Waals surface area (Å²) in [5.41, 5.74) is 2.12. The molecule has 1 saturated heterocycles. The number of carbonyl (C=O) groups excluding carboxylic acids is 1. The maximum Gasteiger partial charge on any atom is 0.223 e. The van der Waals surface area contributed by atoms with Crippen LogP contribution in [0.3, 0.4) is 0 Å². The first-order chi connectivity index (χ1) is 15.3. The highest BCUT2D eigenvalue weighted by Gasteiger charge is 2.24. The van der Waals surface area contributed by atoms with Crippen LogP contribution in [-0.2, 0) is 17.1 Å². The first-order valence-electron chi connectivity index (χ1n) is 10.0. The van der Waals surface area contributed by atoms with Crippen LogP contribution in [0.5, 0.6) is 0 Å². The van der Waals surface area contributed by atoms with Gasteiger partial charge >= 0.3 is 0 Å². The van der Waals surface area contributed by atoms with Crippen molar-refractivity contribution in [1.82, 2.24) is 29.6 Å². The molecule has 1 aliphatic heterocycles. The number of amides is 1. The Balaban J connectivity index is 1.38. The number of thioether (sulfide) groups is 1. The van der Waals surface area contributed by atoms with Crippen LogP contribution in [0.1, 0.15) is 24.4 Å². The van der Waals surface area contributed by atoms with E-state index in [2.05, 4.69) is 32.7 Å². The number of nitrogens with zero attached hydrogens (tertiary/aromatic N) is 6. The number of hydrogen-bond donors (Lipinski definition) is 0. The van der Waals surface area contributed by atoms with E-state index in [0.29, 0.717) is 18.7 Å². The average molecular weight is 449 g/mol. The molecule has 0 radical (unpaired) electrons. The minimum Gasteiger partial charge on any atom is -0.335 e. The SMILES string of the molecule is O=C1CCCN1Cc1nnc(SCc2csc(-c3ccccc3)n2)n1-c1ccccn1. The summed E-state index contributed by atoms with van der Waals surface area (Å²) in [5, 5.41) is 12.6. The van der Waals surface area contributed by atoms with Gasteiger partial charge in [-0.1, -0.05) is 48.2 Å². The predicted octanol–water partition coefficient (Wildman–Crippen LogP) is 4.20. The minimum atomic E-state index is 0.167. The van der Waals surface area contributed by atoms with Gasteiger partial charge in [0.15, 0.2) is 11.0 Å². The monoisotopic (exact) mass is 448 g/mol. The maximum atomic E-state index is 12.1. The molecule has 0 saturated carbocycles. The van der Waals surface area contributed by atoms with Crippen LogP contribution in [0.4, 0.5) is 0 Å². The summed E-state index contributed by atoms with van der Waals surface area (Å²) in [6.45, 7) is 1.20. The van der Waals surface area contributed by atoms with Crippen molar-refractivity contribution in [3.8, 4) is 16.4 Å². The first-order valence-corrected chi connectivity index (χ1v) is 11.9. The number of likely N-dealkylation sites (tertiary alicyclic amines) is 1. The Labute approximate surface area is 188 Å². The highest BCUT2D eigenvalue weighted by molar-refractivity contribution is 7.98. The third-order valence-electron chi connectivity index (χ3n) is 5.00. The number of benzene rings is 1. The average Bonchev–Trinajstić information content (AvgIpc) is 3.54. The molecule has 3 aromatic heterocycles. The highest BCUT2D eigenvalue weighted by Crippen LogP contribution is 2.29. The van der Waals surface area contributed by atoms with E-state index in [1.165, 1.54) is 0 Å². The molecule has 7 nitrogen and oxygen atoms in total. The number of hydrogen-bond acceptors (Lipinski definition) is 7. The summed E-state index contributed by atoms with van der Waals surface area (Å²) in [6.07, 6.45) is 3.25. The van der Waals surface area contributed by atoms with Gasteiger partial charge in [0, 0.05) is 35.9 Å². The van der Waals surface area contributed by atoms with E-state index in [0.717, 1.165) is 46.0 Å². The molecule has 0 unspecified atom stereocenters. The zero-order valence-corrected chi connectivity index (χ0v) is 18.4. The molecule has 0 N–H and O–H groups in total. The zero-order chi connectivity index (χ0) is 21.0. The van der Waals surface area contributed by atoms with Crippen LogP contribution in [-0.4, -0.2) is 42.1 Å². The largest absolute Gasteiger partial charge is 0.335 e. The van der Waals surface area contributed by atoms with Crippen molar-refractivity contribution >= 4 is 29.0 Å². The van der Waals surface area contributed by atoms with Crippen molar-refractivity contribution in [2.24, 2.45) is 0 Å². The molecule has 4 aromatic rings. The van der Waals surface area contributed by atoms with E-state index in [9.17, 15) is 4.79 Å². The van der Waals surface area contributed by atoms with E-state index in [1.807, 2.05) is 45.9 Å². The van der Waals surface area contributed by atoms with Crippen LogP contribution >= 0.6 is 23.1 Å².